The number of carbonyl (C=O) groups is 1. The maximum absolute atomic E-state index is 14.0. The number of nitrogens with zero attached hydrogens (tertiary/aromatic N) is 1. The smallest absolute Gasteiger partial charge is 0.228 e. The lowest BCUT2D eigenvalue weighted by atomic mass is 10.0. The van der Waals surface area contributed by atoms with Gasteiger partial charge in [0.1, 0.15) is 11.6 Å². The standard InChI is InChI=1S/C16H15F2NO2S/c17-10-3-4-14(18)13(6-10)15-7-11(20)9-19(15)16(21)8-12-2-1-5-22-12/h1-6,11,15,20H,7-9H2. The predicted octanol–water partition coefficient (Wildman–Crippen LogP) is 2.90. The highest BCUT2D eigenvalue weighted by molar-refractivity contribution is 7.10. The number of thiophene rings is 1. The minimum absolute atomic E-state index is 0.121. The zero-order valence-corrected chi connectivity index (χ0v) is 12.5. The molecule has 3 rings (SSSR count). The summed E-state index contributed by atoms with van der Waals surface area (Å²) in [5.74, 6) is -1.30. The maximum Gasteiger partial charge on any atom is 0.228 e. The topological polar surface area (TPSA) is 40.5 Å². The van der Waals surface area contributed by atoms with Crippen molar-refractivity contribution < 1.29 is 18.7 Å². The minimum Gasteiger partial charge on any atom is -0.391 e. The van der Waals surface area contributed by atoms with Crippen LogP contribution in [0.2, 0.25) is 0 Å². The highest BCUT2D eigenvalue weighted by Crippen LogP contribution is 2.34. The van der Waals surface area contributed by atoms with Crippen LogP contribution in [-0.2, 0) is 11.2 Å². The van der Waals surface area contributed by atoms with Crippen molar-refractivity contribution in [3.63, 3.8) is 0 Å². The second-order valence-corrected chi connectivity index (χ2v) is 6.41. The highest BCUT2D eigenvalue weighted by atomic mass is 32.1. The third-order valence-corrected chi connectivity index (χ3v) is 4.70. The lowest BCUT2D eigenvalue weighted by Gasteiger charge is -2.25. The third-order valence-electron chi connectivity index (χ3n) is 3.82. The molecule has 0 spiro atoms. The van der Waals surface area contributed by atoms with Crippen LogP contribution in [-0.4, -0.2) is 28.6 Å². The molecule has 0 saturated carbocycles. The molecule has 116 valence electrons. The summed E-state index contributed by atoms with van der Waals surface area (Å²) in [6.07, 6.45) is -0.297. The van der Waals surface area contributed by atoms with Crippen molar-refractivity contribution in [1.29, 1.82) is 0 Å². The van der Waals surface area contributed by atoms with Gasteiger partial charge < -0.3 is 10.0 Å². The Labute approximate surface area is 130 Å². The van der Waals surface area contributed by atoms with Gasteiger partial charge in [-0.05, 0) is 36.1 Å². The van der Waals surface area contributed by atoms with Crippen molar-refractivity contribution in [3.05, 3.63) is 57.8 Å². The zero-order valence-electron chi connectivity index (χ0n) is 11.7. The van der Waals surface area contributed by atoms with Crippen LogP contribution >= 0.6 is 11.3 Å². The number of hydrogen-bond acceptors (Lipinski definition) is 3. The number of β-amino-alcohol motifs (C(OH)–C–C–N with tert-alkyl or cyclic N) is 1. The van der Waals surface area contributed by atoms with E-state index in [1.54, 1.807) is 0 Å². The van der Waals surface area contributed by atoms with Gasteiger partial charge in [0.15, 0.2) is 0 Å². The molecule has 3 nitrogen and oxygen atoms in total. The molecule has 0 radical (unpaired) electrons. The molecule has 1 aromatic heterocycles. The van der Waals surface area contributed by atoms with E-state index in [1.165, 1.54) is 16.2 Å². The van der Waals surface area contributed by atoms with E-state index in [0.717, 1.165) is 23.1 Å². The summed E-state index contributed by atoms with van der Waals surface area (Å²) < 4.78 is 27.4. The Morgan fingerprint density at radius 1 is 1.36 bits per heavy atom. The summed E-state index contributed by atoms with van der Waals surface area (Å²) >= 11 is 1.47. The van der Waals surface area contributed by atoms with E-state index in [4.69, 9.17) is 0 Å². The van der Waals surface area contributed by atoms with Gasteiger partial charge >= 0.3 is 0 Å². The molecule has 2 unspecified atom stereocenters. The van der Waals surface area contributed by atoms with Gasteiger partial charge in [0.05, 0.1) is 18.6 Å². The quantitative estimate of drug-likeness (QED) is 0.943. The number of halogens is 2. The summed E-state index contributed by atoms with van der Waals surface area (Å²) in [5, 5.41) is 11.7. The van der Waals surface area contributed by atoms with Crippen molar-refractivity contribution in [2.75, 3.05) is 6.54 Å². The first-order valence-electron chi connectivity index (χ1n) is 6.99. The maximum atomic E-state index is 14.0. The molecule has 1 aliphatic rings. The molecular formula is C16H15F2NO2S. The van der Waals surface area contributed by atoms with E-state index >= 15 is 0 Å². The molecule has 2 atom stereocenters. The van der Waals surface area contributed by atoms with E-state index in [0.29, 0.717) is 0 Å². The van der Waals surface area contributed by atoms with E-state index in [9.17, 15) is 18.7 Å². The molecule has 0 aliphatic carbocycles. The minimum atomic E-state index is -0.722. The Kier molecular flexibility index (Phi) is 4.22. The second-order valence-electron chi connectivity index (χ2n) is 5.37. The molecule has 1 N–H and O–H groups in total. The lowest BCUT2D eigenvalue weighted by molar-refractivity contribution is -0.131. The molecule has 1 aromatic carbocycles. The normalized spacial score (nSPS) is 21.3. The van der Waals surface area contributed by atoms with Crippen LogP contribution in [0, 0.1) is 11.6 Å². The van der Waals surface area contributed by atoms with Gasteiger partial charge in [0, 0.05) is 17.0 Å². The molecule has 1 aliphatic heterocycles. The van der Waals surface area contributed by atoms with Crippen LogP contribution in [0.3, 0.4) is 0 Å². The molecule has 2 heterocycles. The van der Waals surface area contributed by atoms with Gasteiger partial charge in [-0.3, -0.25) is 4.79 Å². The van der Waals surface area contributed by atoms with Crippen molar-refractivity contribution in [2.24, 2.45) is 0 Å². The van der Waals surface area contributed by atoms with Crippen LogP contribution in [0.25, 0.3) is 0 Å². The monoisotopic (exact) mass is 323 g/mol. The Morgan fingerprint density at radius 3 is 2.91 bits per heavy atom. The molecule has 6 heteroatoms. The second kappa shape index (κ2) is 6.14. The Balaban J connectivity index is 1.85. The zero-order chi connectivity index (χ0) is 15.7. The first kappa shape index (κ1) is 15.1. The van der Waals surface area contributed by atoms with Crippen molar-refractivity contribution in [3.8, 4) is 0 Å². The average molecular weight is 323 g/mol. The number of rotatable bonds is 3. The largest absolute Gasteiger partial charge is 0.391 e. The fourth-order valence-electron chi connectivity index (χ4n) is 2.82. The molecule has 1 saturated heterocycles. The number of carbonyl (C=O) groups excluding carboxylic acids is 1. The van der Waals surface area contributed by atoms with Crippen LogP contribution in [0.15, 0.2) is 35.7 Å². The molecule has 1 amide bonds. The third kappa shape index (κ3) is 3.03. The number of hydrogen-bond donors (Lipinski definition) is 1. The van der Waals surface area contributed by atoms with Crippen LogP contribution < -0.4 is 0 Å². The summed E-state index contributed by atoms with van der Waals surface area (Å²) in [5.41, 5.74) is 0.121. The van der Waals surface area contributed by atoms with E-state index < -0.39 is 23.8 Å². The van der Waals surface area contributed by atoms with Crippen molar-refractivity contribution in [1.82, 2.24) is 4.90 Å². The van der Waals surface area contributed by atoms with E-state index in [1.807, 2.05) is 17.5 Å². The van der Waals surface area contributed by atoms with Crippen LogP contribution in [0.5, 0.6) is 0 Å². The fraction of sp³-hybridized carbons (Fsp3) is 0.312. The summed E-state index contributed by atoms with van der Waals surface area (Å²) in [6.45, 7) is 0.144. The van der Waals surface area contributed by atoms with Gasteiger partial charge in [-0.2, -0.15) is 0 Å². The average Bonchev–Trinajstić information content (AvgIpc) is 3.11. The van der Waals surface area contributed by atoms with Gasteiger partial charge in [0.25, 0.3) is 0 Å². The first-order valence-corrected chi connectivity index (χ1v) is 7.87. The number of aliphatic hydroxyl groups excluding tert-OH is 1. The van der Waals surface area contributed by atoms with E-state index in [2.05, 4.69) is 0 Å². The number of aliphatic hydroxyl groups is 1. The fourth-order valence-corrected chi connectivity index (χ4v) is 3.51. The van der Waals surface area contributed by atoms with Crippen LogP contribution in [0.4, 0.5) is 8.78 Å². The molecule has 2 aromatic rings. The molecular weight excluding hydrogens is 308 g/mol. The van der Waals surface area contributed by atoms with Gasteiger partial charge in [-0.1, -0.05) is 6.07 Å². The Morgan fingerprint density at radius 2 is 2.18 bits per heavy atom. The Bertz CT molecular complexity index is 675. The molecule has 0 bridgehead atoms. The van der Waals surface area contributed by atoms with Crippen molar-refractivity contribution >= 4 is 17.2 Å². The van der Waals surface area contributed by atoms with Gasteiger partial charge in [-0.15, -0.1) is 11.3 Å². The lowest BCUT2D eigenvalue weighted by Crippen LogP contribution is -2.33. The summed E-state index contributed by atoms with van der Waals surface area (Å²) in [7, 11) is 0. The number of likely N-dealkylation sites (tertiary alicyclic amines) is 1. The molecule has 22 heavy (non-hydrogen) atoms. The highest BCUT2D eigenvalue weighted by Gasteiger charge is 2.36. The van der Waals surface area contributed by atoms with Crippen LogP contribution in [0.1, 0.15) is 22.9 Å². The summed E-state index contributed by atoms with van der Waals surface area (Å²) in [6, 6.07) is 6.28. The SMILES string of the molecule is O=C(Cc1cccs1)N1CC(O)CC1c1cc(F)ccc1F. The first-order chi connectivity index (χ1) is 10.5. The number of amides is 1. The van der Waals surface area contributed by atoms with E-state index in [-0.39, 0.29) is 30.9 Å². The Hall–Kier alpha value is -1.79. The van der Waals surface area contributed by atoms with Crippen molar-refractivity contribution in [2.45, 2.75) is 25.0 Å². The van der Waals surface area contributed by atoms with Gasteiger partial charge in [-0.25, -0.2) is 8.78 Å². The number of benzene rings is 1. The van der Waals surface area contributed by atoms with Gasteiger partial charge in [0.2, 0.25) is 5.91 Å². The summed E-state index contributed by atoms with van der Waals surface area (Å²) in [4.78, 5) is 14.8. The molecule has 1 fully saturated rings. The predicted molar refractivity (Wildman–Crippen MR) is 79.5 cm³/mol.